The van der Waals surface area contributed by atoms with E-state index in [0.717, 1.165) is 23.5 Å². The van der Waals surface area contributed by atoms with Crippen molar-refractivity contribution in [2.45, 2.75) is 32.2 Å². The predicted octanol–water partition coefficient (Wildman–Crippen LogP) is 4.27. The molecule has 1 amide bonds. The van der Waals surface area contributed by atoms with Crippen LogP contribution in [-0.4, -0.2) is 20.7 Å². The van der Waals surface area contributed by atoms with Crippen LogP contribution >= 0.6 is 0 Å². The number of pyridine rings is 1. The molecule has 26 heavy (non-hydrogen) atoms. The Hall–Kier alpha value is -2.95. The number of aromatic nitrogens is 3. The highest BCUT2D eigenvalue weighted by molar-refractivity contribution is 5.95. The second-order valence-corrected chi connectivity index (χ2v) is 7.04. The standard InChI is InChI=1S/C21H22N4O/c1-14(2)25-20(13-19(24-25)16-6-4-3-5-7-16)23-21(26)18-12-17(18)15-8-10-22-11-9-15/h3-11,13-14,17-18H,12H2,1-2H3,(H,23,26)/t17-,18+/m0/s1. The maximum atomic E-state index is 12.7. The number of benzene rings is 1. The maximum absolute atomic E-state index is 12.7. The van der Waals surface area contributed by atoms with E-state index in [2.05, 4.69) is 29.2 Å². The summed E-state index contributed by atoms with van der Waals surface area (Å²) in [7, 11) is 0. The molecule has 3 aromatic rings. The molecule has 1 N–H and O–H groups in total. The average Bonchev–Trinajstić information content (AvgIpc) is 3.36. The first-order chi connectivity index (χ1) is 12.6. The zero-order valence-corrected chi connectivity index (χ0v) is 15.0. The van der Waals surface area contributed by atoms with Crippen LogP contribution in [0.4, 0.5) is 5.82 Å². The Morgan fingerprint density at radius 1 is 1.15 bits per heavy atom. The lowest BCUT2D eigenvalue weighted by atomic mass is 10.1. The predicted molar refractivity (Wildman–Crippen MR) is 102 cm³/mol. The quantitative estimate of drug-likeness (QED) is 0.750. The van der Waals surface area contributed by atoms with Crippen LogP contribution < -0.4 is 5.32 Å². The second-order valence-electron chi connectivity index (χ2n) is 7.04. The molecule has 1 fully saturated rings. The van der Waals surface area contributed by atoms with Gasteiger partial charge in [0.25, 0.3) is 0 Å². The summed E-state index contributed by atoms with van der Waals surface area (Å²) in [6.45, 7) is 4.13. The number of hydrogen-bond acceptors (Lipinski definition) is 3. The third kappa shape index (κ3) is 3.25. The van der Waals surface area contributed by atoms with E-state index in [4.69, 9.17) is 0 Å². The van der Waals surface area contributed by atoms with Crippen molar-refractivity contribution in [2.24, 2.45) is 5.92 Å². The Kier molecular flexibility index (Phi) is 4.29. The van der Waals surface area contributed by atoms with Crippen LogP contribution in [-0.2, 0) is 4.79 Å². The molecule has 1 aromatic carbocycles. The Labute approximate surface area is 153 Å². The fourth-order valence-corrected chi connectivity index (χ4v) is 3.31. The molecule has 5 heteroatoms. The molecule has 0 saturated heterocycles. The van der Waals surface area contributed by atoms with Gasteiger partial charge >= 0.3 is 0 Å². The fourth-order valence-electron chi connectivity index (χ4n) is 3.31. The van der Waals surface area contributed by atoms with Crippen LogP contribution in [0.5, 0.6) is 0 Å². The van der Waals surface area contributed by atoms with Crippen LogP contribution in [0, 0.1) is 5.92 Å². The molecule has 1 aliphatic rings. The van der Waals surface area contributed by atoms with Gasteiger partial charge in [0.1, 0.15) is 5.82 Å². The van der Waals surface area contributed by atoms with Gasteiger partial charge in [-0.2, -0.15) is 5.10 Å². The Balaban J connectivity index is 1.53. The number of rotatable bonds is 5. The summed E-state index contributed by atoms with van der Waals surface area (Å²) >= 11 is 0. The van der Waals surface area contributed by atoms with Crippen molar-refractivity contribution >= 4 is 11.7 Å². The highest BCUT2D eigenvalue weighted by atomic mass is 16.2. The SMILES string of the molecule is CC(C)n1nc(-c2ccccc2)cc1NC(=O)[C@@H]1C[C@H]1c1ccncc1. The van der Waals surface area contributed by atoms with Gasteiger partial charge in [0.2, 0.25) is 5.91 Å². The molecular weight excluding hydrogens is 324 g/mol. The Morgan fingerprint density at radius 3 is 2.58 bits per heavy atom. The molecule has 0 bridgehead atoms. The van der Waals surface area contributed by atoms with Crippen molar-refractivity contribution in [1.82, 2.24) is 14.8 Å². The smallest absolute Gasteiger partial charge is 0.229 e. The third-order valence-electron chi connectivity index (χ3n) is 4.81. The van der Waals surface area contributed by atoms with Crippen LogP contribution in [0.2, 0.25) is 0 Å². The zero-order chi connectivity index (χ0) is 18.1. The molecule has 132 valence electrons. The van der Waals surface area contributed by atoms with Gasteiger partial charge in [0, 0.05) is 36.0 Å². The summed E-state index contributed by atoms with van der Waals surface area (Å²) in [5, 5.41) is 7.77. The first-order valence-corrected chi connectivity index (χ1v) is 8.99. The number of carbonyl (C=O) groups is 1. The fraction of sp³-hybridized carbons (Fsp3) is 0.286. The van der Waals surface area contributed by atoms with Crippen LogP contribution in [0.15, 0.2) is 60.9 Å². The van der Waals surface area contributed by atoms with Crippen molar-refractivity contribution in [3.05, 3.63) is 66.5 Å². The zero-order valence-electron chi connectivity index (χ0n) is 15.0. The molecule has 2 heterocycles. The van der Waals surface area contributed by atoms with Gasteiger partial charge in [-0.25, -0.2) is 4.68 Å². The number of amides is 1. The number of anilines is 1. The summed E-state index contributed by atoms with van der Waals surface area (Å²) in [6.07, 6.45) is 4.45. The van der Waals surface area contributed by atoms with E-state index in [1.54, 1.807) is 12.4 Å². The average molecular weight is 346 g/mol. The monoisotopic (exact) mass is 346 g/mol. The topological polar surface area (TPSA) is 59.8 Å². The summed E-state index contributed by atoms with van der Waals surface area (Å²) < 4.78 is 1.88. The van der Waals surface area contributed by atoms with Crippen molar-refractivity contribution in [1.29, 1.82) is 0 Å². The minimum Gasteiger partial charge on any atom is -0.311 e. The second kappa shape index (κ2) is 6.75. The number of nitrogens with one attached hydrogen (secondary N) is 1. The largest absolute Gasteiger partial charge is 0.311 e. The third-order valence-corrected chi connectivity index (χ3v) is 4.81. The molecule has 2 aromatic heterocycles. The molecule has 0 spiro atoms. The summed E-state index contributed by atoms with van der Waals surface area (Å²) in [6, 6.07) is 16.1. The van der Waals surface area contributed by atoms with E-state index < -0.39 is 0 Å². The molecule has 0 unspecified atom stereocenters. The Bertz CT molecular complexity index is 902. The van der Waals surface area contributed by atoms with Crippen molar-refractivity contribution in [2.75, 3.05) is 5.32 Å². The molecular formula is C21H22N4O. The minimum absolute atomic E-state index is 0.0214. The first-order valence-electron chi connectivity index (χ1n) is 8.99. The van der Waals surface area contributed by atoms with Crippen molar-refractivity contribution in [3.8, 4) is 11.3 Å². The summed E-state index contributed by atoms with van der Waals surface area (Å²) in [5.41, 5.74) is 3.10. The van der Waals surface area contributed by atoms with Gasteiger partial charge in [-0.15, -0.1) is 0 Å². The van der Waals surface area contributed by atoms with Gasteiger partial charge in [-0.1, -0.05) is 30.3 Å². The summed E-state index contributed by atoms with van der Waals surface area (Å²) in [4.78, 5) is 16.8. The lowest BCUT2D eigenvalue weighted by Gasteiger charge is -2.11. The van der Waals surface area contributed by atoms with Gasteiger partial charge in [-0.3, -0.25) is 9.78 Å². The van der Waals surface area contributed by atoms with E-state index in [1.807, 2.05) is 53.2 Å². The van der Waals surface area contributed by atoms with Crippen LogP contribution in [0.1, 0.15) is 37.8 Å². The molecule has 1 aliphatic carbocycles. The van der Waals surface area contributed by atoms with E-state index in [9.17, 15) is 4.79 Å². The molecule has 0 radical (unpaired) electrons. The highest BCUT2D eigenvalue weighted by Crippen LogP contribution is 2.47. The van der Waals surface area contributed by atoms with Crippen molar-refractivity contribution < 1.29 is 4.79 Å². The highest BCUT2D eigenvalue weighted by Gasteiger charge is 2.44. The molecule has 5 nitrogen and oxygen atoms in total. The normalized spacial score (nSPS) is 18.7. The molecule has 4 rings (SSSR count). The lowest BCUT2D eigenvalue weighted by Crippen LogP contribution is -2.18. The maximum Gasteiger partial charge on any atom is 0.229 e. The number of carbonyl (C=O) groups excluding carboxylic acids is 1. The molecule has 0 aliphatic heterocycles. The van der Waals surface area contributed by atoms with Gasteiger partial charge < -0.3 is 5.32 Å². The van der Waals surface area contributed by atoms with Crippen molar-refractivity contribution in [3.63, 3.8) is 0 Å². The minimum atomic E-state index is 0.0214. The number of nitrogens with zero attached hydrogens (tertiary/aromatic N) is 3. The van der Waals surface area contributed by atoms with Gasteiger partial charge in [0.05, 0.1) is 5.69 Å². The summed E-state index contributed by atoms with van der Waals surface area (Å²) in [5.74, 6) is 1.13. The molecule has 1 saturated carbocycles. The van der Waals surface area contributed by atoms with E-state index in [0.29, 0.717) is 5.92 Å². The van der Waals surface area contributed by atoms with Gasteiger partial charge in [0.15, 0.2) is 0 Å². The Morgan fingerprint density at radius 2 is 1.88 bits per heavy atom. The van der Waals surface area contributed by atoms with Crippen LogP contribution in [0.25, 0.3) is 11.3 Å². The van der Waals surface area contributed by atoms with E-state index in [1.165, 1.54) is 5.56 Å². The van der Waals surface area contributed by atoms with E-state index in [-0.39, 0.29) is 17.9 Å². The van der Waals surface area contributed by atoms with Crippen LogP contribution in [0.3, 0.4) is 0 Å². The number of hydrogen-bond donors (Lipinski definition) is 1. The lowest BCUT2D eigenvalue weighted by molar-refractivity contribution is -0.117. The molecule has 2 atom stereocenters. The first kappa shape index (κ1) is 16.5. The van der Waals surface area contributed by atoms with Gasteiger partial charge in [-0.05, 0) is 43.9 Å². The van der Waals surface area contributed by atoms with E-state index >= 15 is 0 Å².